The Morgan fingerprint density at radius 3 is 2.50 bits per heavy atom. The molecule has 4 fully saturated rings. The largest absolute Gasteiger partial charge is 0.371 e. The van der Waals surface area contributed by atoms with E-state index in [1.807, 2.05) is 30.3 Å². The molecule has 0 radical (unpaired) electrons. The maximum atomic E-state index is 15.7. The van der Waals surface area contributed by atoms with Crippen LogP contribution in [0, 0.1) is 11.7 Å². The Hall–Kier alpha value is -5.21. The lowest BCUT2D eigenvalue weighted by Crippen LogP contribution is -2.57. The Bertz CT molecular complexity index is 2400. The summed E-state index contributed by atoms with van der Waals surface area (Å²) in [5.41, 5.74) is 11.0. The minimum absolute atomic E-state index is 0.177. The quantitative estimate of drug-likeness (QED) is 0.106. The lowest BCUT2D eigenvalue weighted by Gasteiger charge is -2.46. The van der Waals surface area contributed by atoms with E-state index >= 15 is 4.39 Å². The van der Waals surface area contributed by atoms with Crippen molar-refractivity contribution < 1.29 is 4.39 Å². The van der Waals surface area contributed by atoms with Crippen LogP contribution in [0.3, 0.4) is 0 Å². The molecule has 5 aliphatic heterocycles. The number of para-hydroxylation sites is 1. The van der Waals surface area contributed by atoms with Crippen LogP contribution in [0.1, 0.15) is 42.4 Å². The van der Waals surface area contributed by atoms with Crippen LogP contribution in [-0.4, -0.2) is 116 Å². The first-order chi connectivity index (χ1) is 31.0. The summed E-state index contributed by atoms with van der Waals surface area (Å²) in [6.07, 6.45) is 10.6. The lowest BCUT2D eigenvalue weighted by molar-refractivity contribution is 0.0730. The number of hydrogen-bond acceptors (Lipinski definition) is 12. The second kappa shape index (κ2) is 19.1. The van der Waals surface area contributed by atoms with Gasteiger partial charge in [-0.2, -0.15) is 4.98 Å². The standard InChI is InChI=1S/C50H61ClFN11S/c1-7-37-27-41(13-14-42(37)35(4)58(5)46-15-11-33(2)54-34(46)3)62-31-36(32-62)30-59-23-25-60(26-24-59)40-18-20-61(21-19-40)47-16-12-39(28-44(47)52)55-50-53-29-43(51)49(57-50)56-45-10-8-9-38-17-22-63(64-6)48(38)45/h7-10,12-14,16,27-29,36,40,46,54H,1-4,11,15,17-26,30-32H2,5-6H3,(H2,53,55,56,57). The van der Waals surface area contributed by atoms with Gasteiger partial charge >= 0.3 is 0 Å². The molecule has 1 atom stereocenters. The van der Waals surface area contributed by atoms with Gasteiger partial charge in [-0.05, 0) is 79.6 Å². The molecule has 6 heterocycles. The normalized spacial score (nSPS) is 19.9. The molecule has 3 N–H and O–H groups in total. The molecule has 0 bridgehead atoms. The molecule has 4 aromatic rings. The van der Waals surface area contributed by atoms with E-state index in [0.717, 1.165) is 137 Å². The Balaban J connectivity index is 0.715. The topological polar surface area (TPSA) is 81.3 Å². The number of anilines is 7. The number of nitrogens with zero attached hydrogens (tertiary/aromatic N) is 8. The SMILES string of the molecule is C=Cc1cc(N2CC(CN3CCN(C4CCN(c5ccc(Nc6ncc(Cl)c(Nc7cccc8c7N(SC)CC8)n6)cc5F)CC4)CC3)C2)ccc1C(=C)N(C)C1CCC(=C)NC1=C. The maximum Gasteiger partial charge on any atom is 0.229 e. The first-order valence-electron chi connectivity index (χ1n) is 22.6. The number of fused-ring (bicyclic) bond motifs is 1. The van der Waals surface area contributed by atoms with Gasteiger partial charge < -0.3 is 39.9 Å². The van der Waals surface area contributed by atoms with Gasteiger partial charge in [0.2, 0.25) is 5.95 Å². The van der Waals surface area contributed by atoms with Crippen LogP contribution >= 0.6 is 23.5 Å². The van der Waals surface area contributed by atoms with Crippen LogP contribution in [0.2, 0.25) is 5.02 Å². The van der Waals surface area contributed by atoms with Crippen molar-refractivity contribution >= 4 is 75.5 Å². The van der Waals surface area contributed by atoms with Gasteiger partial charge in [0.1, 0.15) is 10.8 Å². The molecule has 1 aromatic heterocycles. The molecule has 0 aliphatic carbocycles. The van der Waals surface area contributed by atoms with Crippen molar-refractivity contribution in [3.8, 4) is 0 Å². The molecular weight excluding hydrogens is 841 g/mol. The zero-order valence-corrected chi connectivity index (χ0v) is 38.8. The van der Waals surface area contributed by atoms with E-state index in [2.05, 4.69) is 119 Å². The Kier molecular flexibility index (Phi) is 13.1. The van der Waals surface area contributed by atoms with Gasteiger partial charge in [-0.15, -0.1) is 0 Å². The molecule has 14 heteroatoms. The molecule has 3 aromatic carbocycles. The van der Waals surface area contributed by atoms with E-state index in [9.17, 15) is 0 Å². The van der Waals surface area contributed by atoms with Gasteiger partial charge in [-0.1, -0.05) is 74.1 Å². The average Bonchev–Trinajstić information content (AvgIpc) is 3.73. The highest BCUT2D eigenvalue weighted by Crippen LogP contribution is 2.41. The predicted molar refractivity (Wildman–Crippen MR) is 268 cm³/mol. The van der Waals surface area contributed by atoms with Crippen LogP contribution in [-0.2, 0) is 6.42 Å². The highest BCUT2D eigenvalue weighted by Gasteiger charge is 2.33. The minimum Gasteiger partial charge on any atom is -0.371 e. The molecule has 0 saturated carbocycles. The van der Waals surface area contributed by atoms with Crippen LogP contribution in [0.15, 0.2) is 98.5 Å². The van der Waals surface area contributed by atoms with Gasteiger partial charge in [0.05, 0.1) is 29.3 Å². The van der Waals surface area contributed by atoms with Crippen molar-refractivity contribution in [3.63, 3.8) is 0 Å². The number of likely N-dealkylation sites (N-methyl/N-ethyl adjacent to an activating group) is 1. The van der Waals surface area contributed by atoms with Gasteiger partial charge in [0.15, 0.2) is 5.82 Å². The summed E-state index contributed by atoms with van der Waals surface area (Å²) in [6.45, 7) is 27.2. The number of halogens is 2. The second-order valence-corrected chi connectivity index (χ2v) is 19.0. The monoisotopic (exact) mass is 901 g/mol. The number of rotatable bonds is 14. The molecule has 1 unspecified atom stereocenters. The van der Waals surface area contributed by atoms with E-state index in [0.29, 0.717) is 40.1 Å². The molecule has 4 saturated heterocycles. The molecular formula is C50H61ClFN11S. The summed E-state index contributed by atoms with van der Waals surface area (Å²) in [5.74, 6) is 1.24. The molecule has 9 rings (SSSR count). The van der Waals surface area contributed by atoms with Crippen LogP contribution < -0.4 is 30.1 Å². The molecule has 336 valence electrons. The highest BCUT2D eigenvalue weighted by atomic mass is 35.5. The van der Waals surface area contributed by atoms with Gasteiger partial charge in [0, 0.05) is 125 Å². The fourth-order valence-corrected chi connectivity index (χ4v) is 11.0. The molecule has 5 aliphatic rings. The Labute approximate surface area is 387 Å². The van der Waals surface area contributed by atoms with Crippen molar-refractivity contribution in [2.75, 3.05) is 103 Å². The summed E-state index contributed by atoms with van der Waals surface area (Å²) in [7, 11) is 2.10. The number of piperazine rings is 1. The van der Waals surface area contributed by atoms with Crippen molar-refractivity contribution in [1.29, 1.82) is 0 Å². The number of piperidine rings is 2. The zero-order valence-electron chi connectivity index (χ0n) is 37.3. The summed E-state index contributed by atoms with van der Waals surface area (Å²) in [4.78, 5) is 21.3. The average molecular weight is 903 g/mol. The third-order valence-corrected chi connectivity index (χ3v) is 14.9. The van der Waals surface area contributed by atoms with E-state index in [4.69, 9.17) is 11.6 Å². The number of allylic oxidation sites excluding steroid dienone is 1. The molecule has 0 amide bonds. The Morgan fingerprint density at radius 2 is 1.77 bits per heavy atom. The number of nitrogens with one attached hydrogen (secondary N) is 3. The summed E-state index contributed by atoms with van der Waals surface area (Å²) < 4.78 is 18.0. The minimum atomic E-state index is -0.255. The van der Waals surface area contributed by atoms with Crippen LogP contribution in [0.4, 0.5) is 44.6 Å². The summed E-state index contributed by atoms with van der Waals surface area (Å²) in [6, 6.07) is 18.9. The van der Waals surface area contributed by atoms with Crippen molar-refractivity contribution in [1.82, 2.24) is 30.0 Å². The third kappa shape index (κ3) is 9.31. The fourth-order valence-electron chi connectivity index (χ4n) is 10.2. The van der Waals surface area contributed by atoms with E-state index in [1.165, 1.54) is 17.3 Å². The molecule has 11 nitrogen and oxygen atoms in total. The summed E-state index contributed by atoms with van der Waals surface area (Å²) >= 11 is 8.24. The maximum absolute atomic E-state index is 15.7. The Morgan fingerprint density at radius 1 is 0.969 bits per heavy atom. The predicted octanol–water partition coefficient (Wildman–Crippen LogP) is 9.44. The smallest absolute Gasteiger partial charge is 0.229 e. The lowest BCUT2D eigenvalue weighted by atomic mass is 9.95. The van der Waals surface area contributed by atoms with E-state index < -0.39 is 0 Å². The molecule has 0 spiro atoms. The zero-order chi connectivity index (χ0) is 44.5. The first kappa shape index (κ1) is 44.0. The number of benzene rings is 3. The van der Waals surface area contributed by atoms with E-state index in [-0.39, 0.29) is 11.9 Å². The number of aromatic nitrogens is 2. The second-order valence-electron chi connectivity index (χ2n) is 17.8. The first-order valence-corrected chi connectivity index (χ1v) is 24.2. The van der Waals surface area contributed by atoms with Crippen LogP contribution in [0.25, 0.3) is 11.8 Å². The third-order valence-electron chi connectivity index (χ3n) is 13.9. The van der Waals surface area contributed by atoms with Crippen molar-refractivity contribution in [3.05, 3.63) is 126 Å². The highest BCUT2D eigenvalue weighted by molar-refractivity contribution is 8.00. The van der Waals surface area contributed by atoms with Gasteiger partial charge in [0.25, 0.3) is 0 Å². The molecule has 64 heavy (non-hydrogen) atoms. The van der Waals surface area contributed by atoms with Gasteiger partial charge in [-0.3, -0.25) is 4.90 Å². The fraction of sp³-hybridized carbons (Fsp3) is 0.400. The van der Waals surface area contributed by atoms with Crippen molar-refractivity contribution in [2.24, 2.45) is 5.92 Å². The van der Waals surface area contributed by atoms with Crippen LogP contribution in [0.5, 0.6) is 0 Å². The number of hydrogen-bond donors (Lipinski definition) is 3. The van der Waals surface area contributed by atoms with Crippen molar-refractivity contribution in [2.45, 2.75) is 44.2 Å². The summed E-state index contributed by atoms with van der Waals surface area (Å²) in [5, 5.41) is 10.3. The van der Waals surface area contributed by atoms with Gasteiger partial charge in [-0.25, -0.2) is 9.37 Å². The van der Waals surface area contributed by atoms with E-state index in [1.54, 1.807) is 18.1 Å².